The summed E-state index contributed by atoms with van der Waals surface area (Å²) in [4.78, 5) is 4.14. The molecule has 0 heterocycles. The summed E-state index contributed by atoms with van der Waals surface area (Å²) in [7, 11) is 0.134. The third kappa shape index (κ3) is 10.5. The predicted octanol–water partition coefficient (Wildman–Crippen LogP) is 2.52. The first-order valence-electron chi connectivity index (χ1n) is 10.1. The molecule has 0 aromatic heterocycles. The van der Waals surface area contributed by atoms with E-state index >= 15 is 0 Å². The molecule has 0 radical (unpaired) electrons. The van der Waals surface area contributed by atoms with Crippen LogP contribution in [-0.4, -0.2) is 53.9 Å². The van der Waals surface area contributed by atoms with Gasteiger partial charge in [-0.05, 0) is 55.7 Å². The second-order valence-corrected chi connectivity index (χ2v) is 9.12. The van der Waals surface area contributed by atoms with Gasteiger partial charge < -0.3 is 15.4 Å². The quantitative estimate of drug-likeness (QED) is 0.165. The number of aliphatic imine (C=N–C) groups is 1. The summed E-state index contributed by atoms with van der Waals surface area (Å²) in [5.41, 5.74) is 1.29. The molecule has 7 nitrogen and oxygen atoms in total. The molecule has 1 aromatic carbocycles. The SMILES string of the molecule is CN=C(NCCCCc1ccc(OC)cc1)NCCS(=O)(=O)NCC1CCC1.I. The molecule has 0 unspecified atom stereocenters. The van der Waals surface area contributed by atoms with Gasteiger partial charge in [-0.1, -0.05) is 18.6 Å². The van der Waals surface area contributed by atoms with Crippen molar-refractivity contribution in [3.63, 3.8) is 0 Å². The standard InChI is InChI=1S/C20H34N4O3S.HI/c1-21-20(23-14-15-28(25,26)24-16-18-7-5-8-18)22-13-4-3-6-17-9-11-19(27-2)12-10-17;/h9-12,18,24H,3-8,13-16H2,1-2H3,(H2,21,22,23);1H. The third-order valence-electron chi connectivity index (χ3n) is 5.05. The van der Waals surface area contributed by atoms with Crippen LogP contribution in [0.25, 0.3) is 0 Å². The van der Waals surface area contributed by atoms with Crippen molar-refractivity contribution < 1.29 is 13.2 Å². The Morgan fingerprint density at radius 1 is 1.14 bits per heavy atom. The average Bonchev–Trinajstić information content (AvgIpc) is 2.65. The van der Waals surface area contributed by atoms with E-state index in [1.807, 2.05) is 12.1 Å². The molecule has 1 aliphatic rings. The molecule has 166 valence electrons. The summed E-state index contributed by atoms with van der Waals surface area (Å²) in [6.45, 7) is 1.71. The maximum atomic E-state index is 12.0. The summed E-state index contributed by atoms with van der Waals surface area (Å²) in [5.74, 6) is 2.09. The number of nitrogens with one attached hydrogen (secondary N) is 3. The lowest BCUT2D eigenvalue weighted by molar-refractivity contribution is 0.316. The Hall–Kier alpha value is -1.07. The molecular weight excluding hydrogens is 503 g/mol. The molecule has 1 aromatic rings. The summed E-state index contributed by atoms with van der Waals surface area (Å²) in [6.07, 6.45) is 6.58. The Bertz CT molecular complexity index is 707. The zero-order valence-electron chi connectivity index (χ0n) is 17.4. The minimum atomic E-state index is -3.23. The number of sulfonamides is 1. The topological polar surface area (TPSA) is 91.8 Å². The lowest BCUT2D eigenvalue weighted by atomic mass is 9.86. The van der Waals surface area contributed by atoms with E-state index in [0.717, 1.165) is 44.4 Å². The van der Waals surface area contributed by atoms with E-state index in [-0.39, 0.29) is 29.7 Å². The number of aryl methyl sites for hydroxylation is 1. The Kier molecular flexibility index (Phi) is 12.6. The van der Waals surface area contributed by atoms with Crippen molar-refractivity contribution in [2.75, 3.05) is 39.5 Å². The van der Waals surface area contributed by atoms with Gasteiger partial charge >= 0.3 is 0 Å². The van der Waals surface area contributed by atoms with Crippen LogP contribution in [0.1, 0.15) is 37.7 Å². The van der Waals surface area contributed by atoms with Crippen molar-refractivity contribution >= 4 is 40.0 Å². The van der Waals surface area contributed by atoms with Gasteiger partial charge in [0.25, 0.3) is 0 Å². The van der Waals surface area contributed by atoms with Crippen molar-refractivity contribution in [2.45, 2.75) is 38.5 Å². The molecule has 9 heteroatoms. The average molecular weight is 538 g/mol. The molecule has 3 N–H and O–H groups in total. The molecule has 0 aliphatic heterocycles. The van der Waals surface area contributed by atoms with Gasteiger partial charge in [0.2, 0.25) is 10.0 Å². The number of hydrogen-bond acceptors (Lipinski definition) is 4. The highest BCUT2D eigenvalue weighted by molar-refractivity contribution is 14.0. The molecular formula is C20H35IN4O3S. The zero-order chi connectivity index (χ0) is 20.2. The number of nitrogens with zero attached hydrogens (tertiary/aromatic N) is 1. The monoisotopic (exact) mass is 538 g/mol. The molecule has 0 saturated heterocycles. The fourth-order valence-electron chi connectivity index (χ4n) is 2.99. The van der Waals surface area contributed by atoms with Crippen LogP contribution in [0.15, 0.2) is 29.3 Å². The lowest BCUT2D eigenvalue weighted by Gasteiger charge is -2.25. The smallest absolute Gasteiger partial charge is 0.213 e. The highest BCUT2D eigenvalue weighted by Crippen LogP contribution is 2.25. The van der Waals surface area contributed by atoms with Gasteiger partial charge in [-0.15, -0.1) is 24.0 Å². The molecule has 0 atom stereocenters. The molecule has 0 bridgehead atoms. The van der Waals surface area contributed by atoms with Crippen molar-refractivity contribution in [2.24, 2.45) is 10.9 Å². The maximum absolute atomic E-state index is 12.0. The highest BCUT2D eigenvalue weighted by atomic mass is 127. The van der Waals surface area contributed by atoms with Crippen molar-refractivity contribution in [1.82, 2.24) is 15.4 Å². The van der Waals surface area contributed by atoms with Crippen LogP contribution in [0.4, 0.5) is 0 Å². The Balaban J connectivity index is 0.00000420. The fourth-order valence-corrected chi connectivity index (χ4v) is 4.00. The van der Waals surface area contributed by atoms with E-state index in [9.17, 15) is 8.42 Å². The van der Waals surface area contributed by atoms with Crippen molar-refractivity contribution in [3.05, 3.63) is 29.8 Å². The Morgan fingerprint density at radius 3 is 2.41 bits per heavy atom. The zero-order valence-corrected chi connectivity index (χ0v) is 20.6. The second-order valence-electron chi connectivity index (χ2n) is 7.20. The number of guanidine groups is 1. The van der Waals surface area contributed by atoms with E-state index in [4.69, 9.17) is 4.74 Å². The number of benzene rings is 1. The van der Waals surface area contributed by atoms with Gasteiger partial charge in [0.1, 0.15) is 5.75 Å². The van der Waals surface area contributed by atoms with Crippen LogP contribution in [0, 0.1) is 5.92 Å². The molecule has 2 rings (SSSR count). The Morgan fingerprint density at radius 2 is 1.83 bits per heavy atom. The minimum Gasteiger partial charge on any atom is -0.497 e. The van der Waals surface area contributed by atoms with Gasteiger partial charge in [-0.3, -0.25) is 4.99 Å². The van der Waals surface area contributed by atoms with E-state index < -0.39 is 10.0 Å². The number of rotatable bonds is 12. The first-order valence-corrected chi connectivity index (χ1v) is 11.7. The summed E-state index contributed by atoms with van der Waals surface area (Å²) >= 11 is 0. The van der Waals surface area contributed by atoms with Gasteiger partial charge in [-0.2, -0.15) is 0 Å². The van der Waals surface area contributed by atoms with E-state index in [1.54, 1.807) is 14.2 Å². The third-order valence-corrected chi connectivity index (χ3v) is 6.40. The van der Waals surface area contributed by atoms with Crippen molar-refractivity contribution in [1.29, 1.82) is 0 Å². The lowest BCUT2D eigenvalue weighted by Crippen LogP contribution is -2.42. The second kappa shape index (κ2) is 14.0. The molecule has 0 spiro atoms. The number of unbranched alkanes of at least 4 members (excludes halogenated alkanes) is 1. The van der Waals surface area contributed by atoms with E-state index in [1.165, 1.54) is 12.0 Å². The van der Waals surface area contributed by atoms with Gasteiger partial charge in [0.15, 0.2) is 5.96 Å². The van der Waals surface area contributed by atoms with Crippen molar-refractivity contribution in [3.8, 4) is 5.75 Å². The molecule has 1 saturated carbocycles. The number of hydrogen-bond donors (Lipinski definition) is 3. The van der Waals surface area contributed by atoms with Gasteiger partial charge in [-0.25, -0.2) is 13.1 Å². The maximum Gasteiger partial charge on any atom is 0.213 e. The fraction of sp³-hybridized carbons (Fsp3) is 0.650. The van der Waals surface area contributed by atoms with Crippen LogP contribution in [0.3, 0.4) is 0 Å². The van der Waals surface area contributed by atoms with Crippen LogP contribution < -0.4 is 20.1 Å². The van der Waals surface area contributed by atoms with Crippen LogP contribution in [-0.2, 0) is 16.4 Å². The normalized spacial score (nSPS) is 14.6. The minimum absolute atomic E-state index is 0. The van der Waals surface area contributed by atoms with Gasteiger partial charge in [0, 0.05) is 26.7 Å². The first-order chi connectivity index (χ1) is 13.5. The van der Waals surface area contributed by atoms with Crippen LogP contribution >= 0.6 is 24.0 Å². The summed E-state index contributed by atoms with van der Waals surface area (Å²) in [6, 6.07) is 8.14. The summed E-state index contributed by atoms with van der Waals surface area (Å²) in [5, 5.41) is 6.30. The van der Waals surface area contributed by atoms with Crippen LogP contribution in [0.5, 0.6) is 5.75 Å². The molecule has 1 fully saturated rings. The summed E-state index contributed by atoms with van der Waals surface area (Å²) < 4.78 is 31.9. The number of methoxy groups -OCH3 is 1. The van der Waals surface area contributed by atoms with E-state index in [0.29, 0.717) is 25.0 Å². The number of ether oxygens (including phenoxy) is 1. The predicted molar refractivity (Wildman–Crippen MR) is 130 cm³/mol. The highest BCUT2D eigenvalue weighted by Gasteiger charge is 2.19. The van der Waals surface area contributed by atoms with Gasteiger partial charge in [0.05, 0.1) is 12.9 Å². The van der Waals surface area contributed by atoms with Crippen LogP contribution in [0.2, 0.25) is 0 Å². The Labute approximate surface area is 192 Å². The first kappa shape index (κ1) is 26.0. The van der Waals surface area contributed by atoms with E-state index in [2.05, 4.69) is 32.5 Å². The largest absolute Gasteiger partial charge is 0.497 e. The molecule has 29 heavy (non-hydrogen) atoms. The molecule has 1 aliphatic carbocycles. The molecule has 0 amide bonds. The number of halogens is 1.